The second kappa shape index (κ2) is 2.94. The lowest BCUT2D eigenvalue weighted by molar-refractivity contribution is -0.168. The van der Waals surface area contributed by atoms with Gasteiger partial charge in [0.15, 0.2) is 0 Å². The van der Waals surface area contributed by atoms with Crippen molar-refractivity contribution in [3.05, 3.63) is 0 Å². The van der Waals surface area contributed by atoms with Gasteiger partial charge in [-0.1, -0.05) is 0 Å². The van der Waals surface area contributed by atoms with Crippen LogP contribution in [0.15, 0.2) is 0 Å². The van der Waals surface area contributed by atoms with E-state index in [1.165, 1.54) is 0 Å². The van der Waals surface area contributed by atoms with E-state index in [-0.39, 0.29) is 23.0 Å². The molecule has 4 heteroatoms. The summed E-state index contributed by atoms with van der Waals surface area (Å²) >= 11 is 0. The summed E-state index contributed by atoms with van der Waals surface area (Å²) in [6, 6.07) is -0.0945. The van der Waals surface area contributed by atoms with Gasteiger partial charge in [0.1, 0.15) is 11.6 Å². The van der Waals surface area contributed by atoms with E-state index in [1.54, 1.807) is 0 Å². The fourth-order valence-electron chi connectivity index (χ4n) is 1.96. The number of esters is 1. The SMILES string of the molecule is CC(C)(C)OC(=O)C1NCC12CNC2. The minimum absolute atomic E-state index is 0.0945. The minimum Gasteiger partial charge on any atom is -0.459 e. The first-order valence-corrected chi connectivity index (χ1v) is 5.10. The van der Waals surface area contributed by atoms with Crippen LogP contribution in [0.3, 0.4) is 0 Å². The summed E-state index contributed by atoms with van der Waals surface area (Å²) in [5.41, 5.74) is -0.227. The van der Waals surface area contributed by atoms with Gasteiger partial charge in [0.05, 0.1) is 0 Å². The van der Waals surface area contributed by atoms with Gasteiger partial charge in [-0.3, -0.25) is 4.79 Å². The molecule has 0 bridgehead atoms. The summed E-state index contributed by atoms with van der Waals surface area (Å²) in [6.45, 7) is 8.50. The third-order valence-corrected chi connectivity index (χ3v) is 2.87. The van der Waals surface area contributed by atoms with Gasteiger partial charge in [-0.25, -0.2) is 0 Å². The van der Waals surface area contributed by atoms with Gasteiger partial charge in [0.25, 0.3) is 0 Å². The first-order chi connectivity index (χ1) is 6.43. The Labute approximate surface area is 84.4 Å². The first-order valence-electron chi connectivity index (χ1n) is 5.10. The van der Waals surface area contributed by atoms with Gasteiger partial charge < -0.3 is 15.4 Å². The molecule has 4 nitrogen and oxygen atoms in total. The quantitative estimate of drug-likeness (QED) is 0.577. The van der Waals surface area contributed by atoms with E-state index >= 15 is 0 Å². The molecule has 0 aliphatic carbocycles. The molecule has 0 aromatic heterocycles. The van der Waals surface area contributed by atoms with E-state index in [9.17, 15) is 4.79 Å². The van der Waals surface area contributed by atoms with Crippen molar-refractivity contribution in [3.63, 3.8) is 0 Å². The maximum Gasteiger partial charge on any atom is 0.324 e. The second-order valence-corrected chi connectivity index (χ2v) is 5.31. The third-order valence-electron chi connectivity index (χ3n) is 2.87. The Kier molecular flexibility index (Phi) is 2.08. The molecule has 0 radical (unpaired) electrons. The summed E-state index contributed by atoms with van der Waals surface area (Å²) in [7, 11) is 0. The number of rotatable bonds is 1. The van der Waals surface area contributed by atoms with Gasteiger partial charge in [0, 0.05) is 25.0 Å². The Balaban J connectivity index is 1.93. The van der Waals surface area contributed by atoms with Crippen LogP contribution in [0.2, 0.25) is 0 Å². The van der Waals surface area contributed by atoms with Crippen LogP contribution < -0.4 is 10.6 Å². The monoisotopic (exact) mass is 198 g/mol. The van der Waals surface area contributed by atoms with Crippen LogP contribution in [0.25, 0.3) is 0 Å². The normalized spacial score (nSPS) is 29.2. The lowest BCUT2D eigenvalue weighted by Gasteiger charge is -2.55. The summed E-state index contributed by atoms with van der Waals surface area (Å²) in [5, 5.41) is 6.35. The maximum absolute atomic E-state index is 11.7. The number of carbonyl (C=O) groups is 1. The molecule has 0 aromatic rings. The van der Waals surface area contributed by atoms with E-state index in [0.29, 0.717) is 0 Å². The second-order valence-electron chi connectivity index (χ2n) is 5.31. The molecule has 0 aromatic carbocycles. The van der Waals surface area contributed by atoms with Crippen molar-refractivity contribution in [2.45, 2.75) is 32.4 Å². The van der Waals surface area contributed by atoms with Crippen molar-refractivity contribution in [1.82, 2.24) is 10.6 Å². The van der Waals surface area contributed by atoms with Gasteiger partial charge in [-0.05, 0) is 20.8 Å². The molecule has 2 heterocycles. The zero-order valence-corrected chi connectivity index (χ0v) is 9.02. The highest BCUT2D eigenvalue weighted by molar-refractivity contribution is 5.79. The fraction of sp³-hybridized carbons (Fsp3) is 0.900. The van der Waals surface area contributed by atoms with Crippen LogP contribution in [0.4, 0.5) is 0 Å². The van der Waals surface area contributed by atoms with Gasteiger partial charge in [-0.15, -0.1) is 0 Å². The van der Waals surface area contributed by atoms with E-state index in [1.807, 2.05) is 20.8 Å². The largest absolute Gasteiger partial charge is 0.459 e. The predicted molar refractivity (Wildman–Crippen MR) is 52.9 cm³/mol. The zero-order chi connectivity index (χ0) is 10.4. The molecule has 1 atom stereocenters. The maximum atomic E-state index is 11.7. The lowest BCUT2D eigenvalue weighted by atomic mass is 9.69. The van der Waals surface area contributed by atoms with Crippen LogP contribution >= 0.6 is 0 Å². The average molecular weight is 198 g/mol. The smallest absolute Gasteiger partial charge is 0.324 e. The predicted octanol–water partition coefficient (Wildman–Crippen LogP) is -0.110. The van der Waals surface area contributed by atoms with Crippen LogP contribution in [-0.4, -0.2) is 37.2 Å². The van der Waals surface area contributed by atoms with Gasteiger partial charge >= 0.3 is 5.97 Å². The topological polar surface area (TPSA) is 50.4 Å². The number of hydrogen-bond acceptors (Lipinski definition) is 4. The van der Waals surface area contributed by atoms with Crippen LogP contribution in [0, 0.1) is 5.41 Å². The molecule has 80 valence electrons. The molecule has 1 spiro atoms. The molecule has 0 amide bonds. The van der Waals surface area contributed by atoms with Crippen molar-refractivity contribution in [3.8, 4) is 0 Å². The molecule has 2 aliphatic heterocycles. The highest BCUT2D eigenvalue weighted by atomic mass is 16.6. The van der Waals surface area contributed by atoms with Crippen molar-refractivity contribution >= 4 is 5.97 Å². The highest BCUT2D eigenvalue weighted by Crippen LogP contribution is 2.34. The highest BCUT2D eigenvalue weighted by Gasteiger charge is 2.55. The van der Waals surface area contributed by atoms with E-state index in [4.69, 9.17) is 4.74 Å². The fourth-order valence-corrected chi connectivity index (χ4v) is 1.96. The van der Waals surface area contributed by atoms with E-state index in [0.717, 1.165) is 19.6 Å². The third kappa shape index (κ3) is 1.53. The van der Waals surface area contributed by atoms with Crippen LogP contribution in [0.5, 0.6) is 0 Å². The van der Waals surface area contributed by atoms with Gasteiger partial charge in [0.2, 0.25) is 0 Å². The molecular formula is C10H18N2O2. The Hall–Kier alpha value is -0.610. The molecule has 2 saturated heterocycles. The molecule has 0 saturated carbocycles. The Morgan fingerprint density at radius 3 is 2.29 bits per heavy atom. The van der Waals surface area contributed by atoms with Crippen molar-refractivity contribution in [1.29, 1.82) is 0 Å². The Bertz CT molecular complexity index is 248. The standard InChI is InChI=1S/C10H18N2O2/c1-9(2,3)14-8(13)7-10(6-12-7)4-11-5-10/h7,11-12H,4-6H2,1-3H3. The average Bonchev–Trinajstić information content (AvgIpc) is 1.73. The summed E-state index contributed by atoms with van der Waals surface area (Å²) in [5.74, 6) is -0.106. The Morgan fingerprint density at radius 1 is 1.36 bits per heavy atom. The molecule has 2 rings (SSSR count). The number of carbonyl (C=O) groups excluding carboxylic acids is 1. The van der Waals surface area contributed by atoms with Crippen molar-refractivity contribution < 1.29 is 9.53 Å². The molecule has 2 aliphatic rings. The van der Waals surface area contributed by atoms with Crippen LogP contribution in [-0.2, 0) is 9.53 Å². The molecule has 14 heavy (non-hydrogen) atoms. The van der Waals surface area contributed by atoms with E-state index in [2.05, 4.69) is 10.6 Å². The summed E-state index contributed by atoms with van der Waals surface area (Å²) in [4.78, 5) is 11.7. The zero-order valence-electron chi connectivity index (χ0n) is 9.02. The summed E-state index contributed by atoms with van der Waals surface area (Å²) in [6.07, 6.45) is 0. The molecule has 2 fully saturated rings. The number of hydrogen-bond donors (Lipinski definition) is 2. The number of nitrogens with one attached hydrogen (secondary N) is 2. The Morgan fingerprint density at radius 2 is 2.00 bits per heavy atom. The van der Waals surface area contributed by atoms with E-state index < -0.39 is 0 Å². The first kappa shape index (κ1) is 9.93. The minimum atomic E-state index is -0.382. The van der Waals surface area contributed by atoms with Crippen molar-refractivity contribution in [2.75, 3.05) is 19.6 Å². The summed E-state index contributed by atoms with van der Waals surface area (Å²) < 4.78 is 5.34. The van der Waals surface area contributed by atoms with Gasteiger partial charge in [-0.2, -0.15) is 0 Å². The molecule has 2 N–H and O–H groups in total. The van der Waals surface area contributed by atoms with Crippen molar-refractivity contribution in [2.24, 2.45) is 5.41 Å². The number of ether oxygens (including phenoxy) is 1. The van der Waals surface area contributed by atoms with Crippen LogP contribution in [0.1, 0.15) is 20.8 Å². The lowest BCUT2D eigenvalue weighted by Crippen LogP contribution is -2.78. The molecule has 1 unspecified atom stereocenters. The molecular weight excluding hydrogens is 180 g/mol.